The first-order valence-electron chi connectivity index (χ1n) is 9.99. The Bertz CT molecular complexity index is 902. The van der Waals surface area contributed by atoms with Crippen LogP contribution in [-0.4, -0.2) is 47.4 Å². The molecule has 1 N–H and O–H groups in total. The van der Waals surface area contributed by atoms with Crippen LogP contribution in [0.5, 0.6) is 0 Å². The predicted molar refractivity (Wildman–Crippen MR) is 112 cm³/mol. The highest BCUT2D eigenvalue weighted by Gasteiger charge is 2.19. The lowest BCUT2D eigenvalue weighted by Gasteiger charge is -2.13. The highest BCUT2D eigenvalue weighted by Crippen LogP contribution is 2.20. The minimum Gasteiger partial charge on any atom is -0.469 e. The smallest absolute Gasteiger partial charge is 0.338 e. The molecule has 0 aliphatic rings. The summed E-state index contributed by atoms with van der Waals surface area (Å²) in [6.45, 7) is 7.87. The first kappa shape index (κ1) is 23.1. The number of carbonyl (C=O) groups excluding carboxylic acids is 3. The second-order valence-electron chi connectivity index (χ2n) is 7.02. The van der Waals surface area contributed by atoms with Gasteiger partial charge in [-0.05, 0) is 63.4 Å². The number of hydrogen-bond acceptors (Lipinski definition) is 6. The highest BCUT2D eigenvalue weighted by molar-refractivity contribution is 5.92. The Balaban J connectivity index is 2.09. The molecule has 1 heterocycles. The molecule has 0 saturated carbocycles. The third kappa shape index (κ3) is 5.68. The number of benzene rings is 1. The number of nitrogens with one attached hydrogen (secondary N) is 1. The van der Waals surface area contributed by atoms with Crippen molar-refractivity contribution in [3.63, 3.8) is 0 Å². The van der Waals surface area contributed by atoms with Crippen molar-refractivity contribution >= 4 is 17.8 Å². The van der Waals surface area contributed by atoms with Crippen LogP contribution in [0, 0.1) is 13.8 Å². The van der Waals surface area contributed by atoms with Crippen LogP contribution in [0.15, 0.2) is 24.3 Å². The van der Waals surface area contributed by atoms with Gasteiger partial charge in [0.25, 0.3) is 5.91 Å². The highest BCUT2D eigenvalue weighted by atomic mass is 16.5. The number of amides is 1. The number of aromatic nitrogens is 2. The number of esters is 2. The van der Waals surface area contributed by atoms with Gasteiger partial charge in [-0.25, -0.2) is 9.48 Å². The second kappa shape index (κ2) is 10.6. The van der Waals surface area contributed by atoms with Gasteiger partial charge in [0.15, 0.2) is 6.10 Å². The van der Waals surface area contributed by atoms with Gasteiger partial charge >= 0.3 is 11.9 Å². The maximum Gasteiger partial charge on any atom is 0.338 e. The standard InChI is InChI=1S/C22H29N3O5/c1-6-13-23-21(27)16(4)30-22(28)17-7-9-18(10-8-17)25-15(3)19(14(2)24-25)11-12-20(26)29-5/h7-10,16H,6,11-13H2,1-5H3,(H,23,27). The summed E-state index contributed by atoms with van der Waals surface area (Å²) < 4.78 is 11.7. The van der Waals surface area contributed by atoms with E-state index < -0.39 is 12.1 Å². The molecule has 0 radical (unpaired) electrons. The molecule has 0 spiro atoms. The SMILES string of the molecule is CCCNC(=O)C(C)OC(=O)c1ccc(-n2nc(C)c(CCC(=O)OC)c2C)cc1. The lowest BCUT2D eigenvalue weighted by atomic mass is 10.1. The molecule has 2 rings (SSSR count). The van der Waals surface area contributed by atoms with Crippen molar-refractivity contribution in [3.05, 3.63) is 46.8 Å². The molecule has 1 unspecified atom stereocenters. The van der Waals surface area contributed by atoms with E-state index in [2.05, 4.69) is 10.4 Å². The van der Waals surface area contributed by atoms with Gasteiger partial charge in [-0.3, -0.25) is 9.59 Å². The van der Waals surface area contributed by atoms with E-state index >= 15 is 0 Å². The minimum atomic E-state index is -0.864. The van der Waals surface area contributed by atoms with E-state index in [1.165, 1.54) is 7.11 Å². The minimum absolute atomic E-state index is 0.262. The Morgan fingerprint density at radius 3 is 2.43 bits per heavy atom. The molecule has 30 heavy (non-hydrogen) atoms. The molecule has 0 bridgehead atoms. The zero-order valence-corrected chi connectivity index (χ0v) is 18.2. The molecule has 2 aromatic rings. The zero-order chi connectivity index (χ0) is 22.3. The van der Waals surface area contributed by atoms with Crippen molar-refractivity contribution < 1.29 is 23.9 Å². The molecule has 0 aliphatic carbocycles. The van der Waals surface area contributed by atoms with Crippen LogP contribution in [0.1, 0.15) is 54.0 Å². The van der Waals surface area contributed by atoms with Gasteiger partial charge < -0.3 is 14.8 Å². The van der Waals surface area contributed by atoms with Gasteiger partial charge in [0.1, 0.15) is 0 Å². The van der Waals surface area contributed by atoms with E-state index in [0.29, 0.717) is 24.9 Å². The third-order valence-electron chi connectivity index (χ3n) is 4.80. The molecular weight excluding hydrogens is 386 g/mol. The summed E-state index contributed by atoms with van der Waals surface area (Å²) >= 11 is 0. The van der Waals surface area contributed by atoms with Crippen molar-refractivity contribution in [2.24, 2.45) is 0 Å². The first-order valence-corrected chi connectivity index (χ1v) is 9.99. The Morgan fingerprint density at radius 1 is 1.17 bits per heavy atom. The first-order chi connectivity index (χ1) is 14.3. The quantitative estimate of drug-likeness (QED) is 0.632. The zero-order valence-electron chi connectivity index (χ0n) is 18.2. The maximum absolute atomic E-state index is 12.3. The Labute approximate surface area is 176 Å². The summed E-state index contributed by atoms with van der Waals surface area (Å²) in [6, 6.07) is 6.81. The molecule has 0 fully saturated rings. The predicted octanol–water partition coefficient (Wildman–Crippen LogP) is 2.67. The van der Waals surface area contributed by atoms with E-state index in [-0.39, 0.29) is 11.9 Å². The van der Waals surface area contributed by atoms with E-state index in [1.807, 2.05) is 20.8 Å². The van der Waals surface area contributed by atoms with Crippen molar-refractivity contribution in [1.82, 2.24) is 15.1 Å². The summed E-state index contributed by atoms with van der Waals surface area (Å²) in [7, 11) is 1.37. The summed E-state index contributed by atoms with van der Waals surface area (Å²) in [6.07, 6.45) is 0.785. The molecule has 8 heteroatoms. The summed E-state index contributed by atoms with van der Waals surface area (Å²) in [5.41, 5.74) is 3.89. The number of methoxy groups -OCH3 is 1. The fourth-order valence-electron chi connectivity index (χ4n) is 3.03. The van der Waals surface area contributed by atoms with Gasteiger partial charge in [-0.15, -0.1) is 0 Å². The van der Waals surface area contributed by atoms with Crippen LogP contribution >= 0.6 is 0 Å². The molecule has 1 aromatic heterocycles. The van der Waals surface area contributed by atoms with Gasteiger partial charge in [0.2, 0.25) is 0 Å². The molecule has 0 saturated heterocycles. The van der Waals surface area contributed by atoms with E-state index in [4.69, 9.17) is 9.47 Å². The van der Waals surface area contributed by atoms with Crippen LogP contribution in [0.3, 0.4) is 0 Å². The van der Waals surface area contributed by atoms with Gasteiger partial charge in [0.05, 0.1) is 24.1 Å². The Kier molecular flexibility index (Phi) is 8.15. The average Bonchev–Trinajstić information content (AvgIpc) is 3.03. The maximum atomic E-state index is 12.3. The summed E-state index contributed by atoms with van der Waals surface area (Å²) in [4.78, 5) is 35.6. The fraction of sp³-hybridized carbons (Fsp3) is 0.455. The number of carbonyl (C=O) groups is 3. The molecule has 1 aromatic carbocycles. The Hall–Kier alpha value is -3.16. The summed E-state index contributed by atoms with van der Waals surface area (Å²) in [5.74, 6) is -1.14. The van der Waals surface area contributed by atoms with Crippen LogP contribution in [-0.2, 0) is 25.5 Å². The lowest BCUT2D eigenvalue weighted by molar-refractivity contribution is -0.140. The molecule has 8 nitrogen and oxygen atoms in total. The number of nitrogens with zero attached hydrogens (tertiary/aromatic N) is 2. The van der Waals surface area contributed by atoms with E-state index in [9.17, 15) is 14.4 Å². The van der Waals surface area contributed by atoms with Crippen LogP contribution in [0.4, 0.5) is 0 Å². The van der Waals surface area contributed by atoms with E-state index in [0.717, 1.165) is 29.1 Å². The number of aryl methyl sites for hydroxylation is 1. The van der Waals surface area contributed by atoms with Crippen molar-refractivity contribution in [2.45, 2.75) is 53.1 Å². The largest absolute Gasteiger partial charge is 0.469 e. The average molecular weight is 415 g/mol. The molecular formula is C22H29N3O5. The Morgan fingerprint density at radius 2 is 1.83 bits per heavy atom. The number of rotatable bonds is 9. The second-order valence-corrected chi connectivity index (χ2v) is 7.02. The van der Waals surface area contributed by atoms with Crippen molar-refractivity contribution in [3.8, 4) is 5.69 Å². The van der Waals surface area contributed by atoms with Gasteiger partial charge in [-0.1, -0.05) is 6.92 Å². The van der Waals surface area contributed by atoms with Gasteiger partial charge in [-0.2, -0.15) is 5.10 Å². The number of hydrogen-bond donors (Lipinski definition) is 1. The number of ether oxygens (including phenoxy) is 2. The molecule has 0 aliphatic heterocycles. The lowest BCUT2D eigenvalue weighted by Crippen LogP contribution is -2.36. The van der Waals surface area contributed by atoms with Crippen LogP contribution in [0.2, 0.25) is 0 Å². The monoisotopic (exact) mass is 415 g/mol. The molecule has 1 amide bonds. The third-order valence-corrected chi connectivity index (χ3v) is 4.80. The van der Waals surface area contributed by atoms with E-state index in [1.54, 1.807) is 35.9 Å². The fourth-order valence-corrected chi connectivity index (χ4v) is 3.03. The molecule has 1 atom stereocenters. The molecule has 162 valence electrons. The van der Waals surface area contributed by atoms with Crippen LogP contribution < -0.4 is 5.32 Å². The summed E-state index contributed by atoms with van der Waals surface area (Å²) in [5, 5.41) is 7.25. The van der Waals surface area contributed by atoms with Crippen LogP contribution in [0.25, 0.3) is 5.69 Å². The van der Waals surface area contributed by atoms with Crippen molar-refractivity contribution in [1.29, 1.82) is 0 Å². The van der Waals surface area contributed by atoms with Gasteiger partial charge in [0, 0.05) is 18.7 Å². The van der Waals surface area contributed by atoms with Crippen molar-refractivity contribution in [2.75, 3.05) is 13.7 Å². The topological polar surface area (TPSA) is 99.5 Å². The normalized spacial score (nSPS) is 11.6.